The highest BCUT2D eigenvalue weighted by Gasteiger charge is 2.34. The van der Waals surface area contributed by atoms with Gasteiger partial charge in [0.05, 0.1) is 0 Å². The Balaban J connectivity index is 2.01. The molecular formula is C18H19Cl3N4OS. The molecule has 0 bridgehead atoms. The van der Waals surface area contributed by atoms with Gasteiger partial charge >= 0.3 is 6.03 Å². The van der Waals surface area contributed by atoms with E-state index in [4.69, 9.17) is 47.0 Å². The molecule has 2 rings (SSSR count). The SMILES string of the molecule is Cc1ccc(NC(=S)N[C@@H](NC(=O)Nc2ccccc2)C(Cl)(Cl)Cl)c(C)c1. The van der Waals surface area contributed by atoms with Gasteiger partial charge in [0.2, 0.25) is 3.79 Å². The van der Waals surface area contributed by atoms with Crippen molar-refractivity contribution in [3.63, 3.8) is 0 Å². The molecule has 0 unspecified atom stereocenters. The second-order valence-electron chi connectivity index (χ2n) is 5.86. The van der Waals surface area contributed by atoms with Crippen molar-refractivity contribution in [3.05, 3.63) is 59.7 Å². The summed E-state index contributed by atoms with van der Waals surface area (Å²) in [5.74, 6) is 0. The number of para-hydroxylation sites is 1. The third-order valence-electron chi connectivity index (χ3n) is 3.54. The molecule has 5 nitrogen and oxygen atoms in total. The fraction of sp³-hybridized carbons (Fsp3) is 0.222. The lowest BCUT2D eigenvalue weighted by atomic mass is 10.1. The molecule has 4 N–H and O–H groups in total. The molecule has 2 aromatic rings. The number of carbonyl (C=O) groups is 1. The number of nitrogens with one attached hydrogen (secondary N) is 4. The Morgan fingerprint density at radius 2 is 1.67 bits per heavy atom. The summed E-state index contributed by atoms with van der Waals surface area (Å²) in [6.07, 6.45) is -1.06. The number of rotatable bonds is 4. The van der Waals surface area contributed by atoms with Crippen molar-refractivity contribution in [2.75, 3.05) is 10.6 Å². The van der Waals surface area contributed by atoms with E-state index >= 15 is 0 Å². The van der Waals surface area contributed by atoms with Crippen LogP contribution in [0, 0.1) is 13.8 Å². The van der Waals surface area contributed by atoms with Gasteiger partial charge < -0.3 is 21.3 Å². The highest BCUT2D eigenvalue weighted by atomic mass is 35.6. The molecule has 144 valence electrons. The third kappa shape index (κ3) is 7.07. The zero-order valence-electron chi connectivity index (χ0n) is 14.6. The Kier molecular flexibility index (Phi) is 7.56. The summed E-state index contributed by atoms with van der Waals surface area (Å²) in [6.45, 7) is 3.96. The summed E-state index contributed by atoms with van der Waals surface area (Å²) < 4.78 is -1.83. The first-order valence-corrected chi connectivity index (χ1v) is 9.53. The van der Waals surface area contributed by atoms with Crippen molar-refractivity contribution in [1.82, 2.24) is 10.6 Å². The molecular weight excluding hydrogens is 427 g/mol. The first kappa shape index (κ1) is 21.6. The van der Waals surface area contributed by atoms with Crippen LogP contribution >= 0.6 is 47.0 Å². The molecule has 2 amide bonds. The summed E-state index contributed by atoms with van der Waals surface area (Å²) in [5.41, 5.74) is 3.57. The molecule has 0 aromatic heterocycles. The number of hydrogen-bond acceptors (Lipinski definition) is 2. The summed E-state index contributed by atoms with van der Waals surface area (Å²) in [4.78, 5) is 12.2. The van der Waals surface area contributed by atoms with Crippen molar-refractivity contribution in [1.29, 1.82) is 0 Å². The molecule has 0 fully saturated rings. The van der Waals surface area contributed by atoms with E-state index in [1.807, 2.05) is 38.1 Å². The van der Waals surface area contributed by atoms with E-state index in [2.05, 4.69) is 21.3 Å². The van der Waals surface area contributed by atoms with Gasteiger partial charge in [0.1, 0.15) is 0 Å². The number of urea groups is 1. The first-order chi connectivity index (χ1) is 12.6. The lowest BCUT2D eigenvalue weighted by Gasteiger charge is -2.28. The first-order valence-electron chi connectivity index (χ1n) is 7.99. The van der Waals surface area contributed by atoms with Crippen LogP contribution in [0.3, 0.4) is 0 Å². The van der Waals surface area contributed by atoms with Gasteiger partial charge in [-0.25, -0.2) is 4.79 Å². The van der Waals surface area contributed by atoms with Crippen molar-refractivity contribution >= 4 is 69.5 Å². The van der Waals surface area contributed by atoms with Crippen LogP contribution in [0.15, 0.2) is 48.5 Å². The van der Waals surface area contributed by atoms with Gasteiger partial charge in [-0.2, -0.15) is 0 Å². The summed E-state index contributed by atoms with van der Waals surface area (Å²) in [7, 11) is 0. The van der Waals surface area contributed by atoms with Gasteiger partial charge in [-0.3, -0.25) is 0 Å². The van der Waals surface area contributed by atoms with Crippen LogP contribution in [-0.2, 0) is 0 Å². The van der Waals surface area contributed by atoms with Crippen molar-refractivity contribution in [2.24, 2.45) is 0 Å². The number of aryl methyl sites for hydroxylation is 2. The lowest BCUT2D eigenvalue weighted by Crippen LogP contribution is -2.57. The summed E-state index contributed by atoms with van der Waals surface area (Å²) >= 11 is 23.2. The number of anilines is 2. The minimum atomic E-state index is -1.83. The van der Waals surface area contributed by atoms with E-state index in [-0.39, 0.29) is 5.11 Å². The summed E-state index contributed by atoms with van der Waals surface area (Å²) in [6, 6.07) is 14.2. The van der Waals surface area contributed by atoms with Gasteiger partial charge in [-0.15, -0.1) is 0 Å². The predicted molar refractivity (Wildman–Crippen MR) is 118 cm³/mol. The van der Waals surface area contributed by atoms with Crippen LogP contribution in [0.4, 0.5) is 16.2 Å². The molecule has 27 heavy (non-hydrogen) atoms. The highest BCUT2D eigenvalue weighted by Crippen LogP contribution is 2.29. The van der Waals surface area contributed by atoms with Crippen LogP contribution < -0.4 is 21.3 Å². The number of amides is 2. The standard InChI is InChI=1S/C18H19Cl3N4OS/c1-11-8-9-14(12(2)10-11)23-17(27)25-15(18(19,20)21)24-16(26)22-13-6-4-3-5-7-13/h3-10,15H,1-2H3,(H2,22,24,26)(H2,23,25,27)/t15-/m1/s1. The Labute approximate surface area is 178 Å². The van der Waals surface area contributed by atoms with Crippen LogP contribution in [0.5, 0.6) is 0 Å². The Bertz CT molecular complexity index is 812. The van der Waals surface area contributed by atoms with Crippen LogP contribution in [0.25, 0.3) is 0 Å². The highest BCUT2D eigenvalue weighted by molar-refractivity contribution is 7.80. The fourth-order valence-corrected chi connectivity index (χ4v) is 2.82. The molecule has 1 atom stereocenters. The molecule has 0 spiro atoms. The monoisotopic (exact) mass is 444 g/mol. The topological polar surface area (TPSA) is 65.2 Å². The van der Waals surface area contributed by atoms with Gasteiger partial charge in [0.15, 0.2) is 11.3 Å². The maximum atomic E-state index is 12.2. The molecule has 0 aliphatic rings. The van der Waals surface area contributed by atoms with Gasteiger partial charge in [0, 0.05) is 11.4 Å². The smallest absolute Gasteiger partial charge is 0.320 e. The Hall–Kier alpha value is -1.73. The van der Waals surface area contributed by atoms with E-state index in [0.29, 0.717) is 5.69 Å². The number of halogens is 3. The van der Waals surface area contributed by atoms with Crippen molar-refractivity contribution < 1.29 is 4.79 Å². The normalized spacial score (nSPS) is 12.0. The zero-order valence-corrected chi connectivity index (χ0v) is 17.7. The van der Waals surface area contributed by atoms with Crippen LogP contribution in [0.1, 0.15) is 11.1 Å². The van der Waals surface area contributed by atoms with E-state index in [1.54, 1.807) is 24.3 Å². The van der Waals surface area contributed by atoms with Gasteiger partial charge in [-0.1, -0.05) is 70.7 Å². The average Bonchev–Trinajstić information content (AvgIpc) is 2.57. The largest absolute Gasteiger partial charge is 0.339 e. The second-order valence-corrected chi connectivity index (χ2v) is 8.63. The quantitative estimate of drug-likeness (QED) is 0.300. The number of alkyl halides is 3. The van der Waals surface area contributed by atoms with Crippen molar-refractivity contribution in [2.45, 2.75) is 23.8 Å². The zero-order chi connectivity index (χ0) is 20.0. The molecule has 0 aliphatic heterocycles. The molecule has 2 aromatic carbocycles. The van der Waals surface area contributed by atoms with E-state index in [0.717, 1.165) is 16.8 Å². The van der Waals surface area contributed by atoms with E-state index in [1.165, 1.54) is 0 Å². The minimum Gasteiger partial charge on any atom is -0.339 e. The third-order valence-corrected chi connectivity index (χ3v) is 4.41. The molecule has 0 radical (unpaired) electrons. The predicted octanol–water partition coefficient (Wildman–Crippen LogP) is 5.11. The molecule has 0 saturated carbocycles. The molecule has 0 saturated heterocycles. The maximum absolute atomic E-state index is 12.2. The number of carbonyl (C=O) groups excluding carboxylic acids is 1. The van der Waals surface area contributed by atoms with Gasteiger partial charge in [-0.05, 0) is 49.8 Å². The second kappa shape index (κ2) is 9.46. The summed E-state index contributed by atoms with van der Waals surface area (Å²) in [5, 5.41) is 11.3. The Morgan fingerprint density at radius 1 is 1.00 bits per heavy atom. The molecule has 0 aliphatic carbocycles. The van der Waals surface area contributed by atoms with E-state index < -0.39 is 16.0 Å². The molecule has 9 heteroatoms. The minimum absolute atomic E-state index is 0.207. The Morgan fingerprint density at radius 3 is 2.26 bits per heavy atom. The van der Waals surface area contributed by atoms with Crippen LogP contribution in [-0.4, -0.2) is 21.1 Å². The van der Waals surface area contributed by atoms with E-state index in [9.17, 15) is 4.79 Å². The fourth-order valence-electron chi connectivity index (χ4n) is 2.26. The molecule has 0 heterocycles. The lowest BCUT2D eigenvalue weighted by molar-refractivity contribution is 0.247. The van der Waals surface area contributed by atoms with Gasteiger partial charge in [0.25, 0.3) is 0 Å². The average molecular weight is 446 g/mol. The van der Waals surface area contributed by atoms with Crippen LogP contribution in [0.2, 0.25) is 0 Å². The number of benzene rings is 2. The maximum Gasteiger partial charge on any atom is 0.320 e. The number of hydrogen-bond donors (Lipinski definition) is 4. The van der Waals surface area contributed by atoms with Crippen molar-refractivity contribution in [3.8, 4) is 0 Å². The number of thiocarbonyl (C=S) groups is 1.